The molecule has 0 saturated carbocycles. The summed E-state index contributed by atoms with van der Waals surface area (Å²) < 4.78 is 19.0. The number of hydrogen-bond donors (Lipinski definition) is 1. The van der Waals surface area contributed by atoms with E-state index in [1.165, 1.54) is 0 Å². The third-order valence-corrected chi connectivity index (χ3v) is 5.90. The van der Waals surface area contributed by atoms with Crippen LogP contribution in [-0.2, 0) is 19.4 Å². The molecule has 4 aromatic rings. The minimum absolute atomic E-state index is 0.176. The quantitative estimate of drug-likeness (QED) is 0.291. The van der Waals surface area contributed by atoms with Gasteiger partial charge in [-0.15, -0.1) is 6.58 Å². The summed E-state index contributed by atoms with van der Waals surface area (Å²) in [4.78, 5) is 17.5. The van der Waals surface area contributed by atoms with Crippen molar-refractivity contribution in [1.29, 1.82) is 0 Å². The van der Waals surface area contributed by atoms with E-state index >= 15 is 0 Å². The third kappa shape index (κ3) is 5.68. The number of carbonyl (C=O) groups excluding carboxylic acids is 1. The van der Waals surface area contributed by atoms with Gasteiger partial charge in [-0.2, -0.15) is 0 Å². The second-order valence-corrected chi connectivity index (χ2v) is 8.20. The highest BCUT2D eigenvalue weighted by Gasteiger charge is 2.14. The molecule has 4 rings (SSSR count). The molecule has 3 aromatic carbocycles. The molecule has 1 heterocycles. The average molecular weight is 486 g/mol. The number of nitrogens with zero attached hydrogens (tertiary/aromatic N) is 2. The molecule has 0 aliphatic carbocycles. The highest BCUT2D eigenvalue weighted by molar-refractivity contribution is 5.96. The van der Waals surface area contributed by atoms with E-state index in [4.69, 9.17) is 19.2 Å². The zero-order valence-electron chi connectivity index (χ0n) is 20.7. The lowest BCUT2D eigenvalue weighted by molar-refractivity contribution is 0.0951. The van der Waals surface area contributed by atoms with Crippen molar-refractivity contribution in [2.45, 2.75) is 19.4 Å². The van der Waals surface area contributed by atoms with E-state index in [0.29, 0.717) is 48.9 Å². The summed E-state index contributed by atoms with van der Waals surface area (Å²) in [5.41, 5.74) is 3.57. The van der Waals surface area contributed by atoms with Crippen molar-refractivity contribution in [2.75, 3.05) is 27.4 Å². The maximum atomic E-state index is 12.7. The average Bonchev–Trinajstić information content (AvgIpc) is 3.26. The van der Waals surface area contributed by atoms with Crippen LogP contribution in [0.15, 0.2) is 79.4 Å². The zero-order chi connectivity index (χ0) is 25.3. The molecule has 7 heteroatoms. The summed E-state index contributed by atoms with van der Waals surface area (Å²) in [7, 11) is 3.20. The van der Waals surface area contributed by atoms with E-state index in [0.717, 1.165) is 28.8 Å². The number of hydrogen-bond acceptors (Lipinski definition) is 5. The number of aromatic nitrogens is 2. The van der Waals surface area contributed by atoms with Crippen LogP contribution in [0.3, 0.4) is 0 Å². The minimum atomic E-state index is -0.176. The van der Waals surface area contributed by atoms with Crippen molar-refractivity contribution >= 4 is 16.9 Å². The number of rotatable bonds is 12. The van der Waals surface area contributed by atoms with Gasteiger partial charge in [-0.05, 0) is 48.4 Å². The lowest BCUT2D eigenvalue weighted by atomic mass is 10.1. The Hall–Kier alpha value is -4.26. The number of ether oxygens (including phenoxy) is 3. The summed E-state index contributed by atoms with van der Waals surface area (Å²) in [6.45, 7) is 5.28. The van der Waals surface area contributed by atoms with Crippen LogP contribution in [0, 0.1) is 0 Å². The molecule has 0 radical (unpaired) electrons. The highest BCUT2D eigenvalue weighted by Crippen LogP contribution is 2.28. The van der Waals surface area contributed by atoms with E-state index in [2.05, 4.69) is 16.5 Å². The number of methoxy groups -OCH3 is 2. The van der Waals surface area contributed by atoms with Gasteiger partial charge in [0.1, 0.15) is 18.2 Å². The van der Waals surface area contributed by atoms with Crippen LogP contribution in [0.2, 0.25) is 0 Å². The third-order valence-electron chi connectivity index (χ3n) is 5.90. The second kappa shape index (κ2) is 11.9. The second-order valence-electron chi connectivity index (χ2n) is 8.20. The molecule has 36 heavy (non-hydrogen) atoms. The number of allylic oxidation sites excluding steroid dienone is 1. The first-order valence-electron chi connectivity index (χ1n) is 11.9. The van der Waals surface area contributed by atoms with Gasteiger partial charge in [0.25, 0.3) is 5.91 Å². The van der Waals surface area contributed by atoms with E-state index < -0.39 is 0 Å². The van der Waals surface area contributed by atoms with E-state index in [1.54, 1.807) is 26.4 Å². The Labute approximate surface area is 211 Å². The topological polar surface area (TPSA) is 74.6 Å². The number of benzene rings is 3. The fourth-order valence-electron chi connectivity index (χ4n) is 4.15. The first-order valence-corrected chi connectivity index (χ1v) is 11.9. The summed E-state index contributed by atoms with van der Waals surface area (Å²) in [5, 5.41) is 2.98. The van der Waals surface area contributed by atoms with Gasteiger partial charge in [0.15, 0.2) is 11.5 Å². The Kier molecular flexibility index (Phi) is 8.24. The predicted molar refractivity (Wildman–Crippen MR) is 141 cm³/mol. The van der Waals surface area contributed by atoms with E-state index in [-0.39, 0.29) is 5.91 Å². The standard InChI is InChI=1S/C29H31N3O4/c1-4-9-21-14-15-26(27(20-21)35-3)36-19-18-32-24-12-7-6-11-23(24)31-28(32)16-17-30-29(33)22-10-5-8-13-25(22)34-2/h4-8,10-15,20H,1,9,16-19H2,2-3H3,(H,30,33). The summed E-state index contributed by atoms with van der Waals surface area (Å²) in [5.74, 6) is 2.65. The van der Waals surface area contributed by atoms with Crippen molar-refractivity contribution in [3.05, 3.63) is 96.3 Å². The molecule has 1 aromatic heterocycles. The Balaban J connectivity index is 1.44. The molecule has 0 aliphatic rings. The van der Waals surface area contributed by atoms with Gasteiger partial charge in [0.05, 0.1) is 37.4 Å². The molecule has 0 spiro atoms. The first-order chi connectivity index (χ1) is 17.6. The molecule has 0 saturated heterocycles. The fourth-order valence-corrected chi connectivity index (χ4v) is 4.15. The zero-order valence-corrected chi connectivity index (χ0v) is 20.7. The molecular weight excluding hydrogens is 454 g/mol. The molecule has 7 nitrogen and oxygen atoms in total. The Morgan fingerprint density at radius 3 is 2.58 bits per heavy atom. The molecule has 1 amide bonds. The van der Waals surface area contributed by atoms with Gasteiger partial charge in [-0.25, -0.2) is 4.98 Å². The van der Waals surface area contributed by atoms with E-state index in [9.17, 15) is 4.79 Å². The minimum Gasteiger partial charge on any atom is -0.496 e. The van der Waals surface area contributed by atoms with Crippen LogP contribution in [0.4, 0.5) is 0 Å². The van der Waals surface area contributed by atoms with Crippen LogP contribution in [0.25, 0.3) is 11.0 Å². The molecular formula is C29H31N3O4. The summed E-state index contributed by atoms with van der Waals surface area (Å²) in [6.07, 6.45) is 3.21. The molecule has 0 fully saturated rings. The summed E-state index contributed by atoms with van der Waals surface area (Å²) in [6, 6.07) is 21.1. The van der Waals surface area contributed by atoms with Gasteiger partial charge in [0, 0.05) is 13.0 Å². The van der Waals surface area contributed by atoms with Gasteiger partial charge in [-0.1, -0.05) is 36.4 Å². The largest absolute Gasteiger partial charge is 0.496 e. The van der Waals surface area contributed by atoms with Gasteiger partial charge < -0.3 is 24.1 Å². The van der Waals surface area contributed by atoms with Gasteiger partial charge in [-0.3, -0.25) is 4.79 Å². The van der Waals surface area contributed by atoms with Crippen LogP contribution in [-0.4, -0.2) is 42.8 Å². The van der Waals surface area contributed by atoms with Crippen molar-refractivity contribution in [1.82, 2.24) is 14.9 Å². The molecule has 0 unspecified atom stereocenters. The molecule has 0 aliphatic heterocycles. The maximum Gasteiger partial charge on any atom is 0.255 e. The number of nitrogens with one attached hydrogen (secondary N) is 1. The van der Waals surface area contributed by atoms with Gasteiger partial charge in [0.2, 0.25) is 0 Å². The van der Waals surface area contributed by atoms with Crippen LogP contribution in [0.1, 0.15) is 21.7 Å². The highest BCUT2D eigenvalue weighted by atomic mass is 16.5. The first kappa shape index (κ1) is 24.9. The smallest absolute Gasteiger partial charge is 0.255 e. The van der Waals surface area contributed by atoms with Gasteiger partial charge >= 0.3 is 0 Å². The van der Waals surface area contributed by atoms with E-state index in [1.807, 2.05) is 60.7 Å². The number of imidazole rings is 1. The molecule has 0 atom stereocenters. The summed E-state index contributed by atoms with van der Waals surface area (Å²) >= 11 is 0. The van der Waals surface area contributed by atoms with Crippen molar-refractivity contribution in [2.24, 2.45) is 0 Å². The number of carbonyl (C=O) groups is 1. The van der Waals surface area contributed by atoms with Crippen LogP contribution < -0.4 is 19.5 Å². The fraction of sp³-hybridized carbons (Fsp3) is 0.241. The number of amides is 1. The monoisotopic (exact) mass is 485 g/mol. The van der Waals surface area contributed by atoms with Crippen molar-refractivity contribution in [3.8, 4) is 17.2 Å². The van der Waals surface area contributed by atoms with Crippen molar-refractivity contribution < 1.29 is 19.0 Å². The van der Waals surface area contributed by atoms with Crippen LogP contribution in [0.5, 0.6) is 17.2 Å². The maximum absolute atomic E-state index is 12.7. The van der Waals surface area contributed by atoms with Crippen molar-refractivity contribution in [3.63, 3.8) is 0 Å². The Morgan fingerprint density at radius 1 is 1.00 bits per heavy atom. The predicted octanol–water partition coefficient (Wildman–Crippen LogP) is 4.83. The normalized spacial score (nSPS) is 10.7. The number of fused-ring (bicyclic) bond motifs is 1. The SMILES string of the molecule is C=CCc1ccc(OCCn2c(CCNC(=O)c3ccccc3OC)nc3ccccc32)c(OC)c1. The molecule has 1 N–H and O–H groups in total. The number of para-hydroxylation sites is 3. The Bertz CT molecular complexity index is 1350. The molecule has 0 bridgehead atoms. The lowest BCUT2D eigenvalue weighted by Crippen LogP contribution is -2.27. The van der Waals surface area contributed by atoms with Crippen LogP contribution >= 0.6 is 0 Å². The Morgan fingerprint density at radius 2 is 1.78 bits per heavy atom. The molecule has 186 valence electrons. The lowest BCUT2D eigenvalue weighted by Gasteiger charge is -2.14.